The highest BCUT2D eigenvalue weighted by Crippen LogP contribution is 2.26. The van der Waals surface area contributed by atoms with Crippen LogP contribution in [0.15, 0.2) is 40.9 Å². The predicted molar refractivity (Wildman–Crippen MR) is 93.0 cm³/mol. The Hall–Kier alpha value is -1.70. The average Bonchev–Trinajstić information content (AvgIpc) is 3.12. The van der Waals surface area contributed by atoms with Gasteiger partial charge in [-0.2, -0.15) is 4.31 Å². The first-order valence-corrected chi connectivity index (χ1v) is 9.85. The summed E-state index contributed by atoms with van der Waals surface area (Å²) in [5.41, 5.74) is 1.00. The van der Waals surface area contributed by atoms with Crippen LogP contribution in [0.1, 0.15) is 25.8 Å². The third-order valence-electron chi connectivity index (χ3n) is 4.52. The van der Waals surface area contributed by atoms with E-state index in [1.165, 1.54) is 0 Å². The second-order valence-corrected chi connectivity index (χ2v) is 8.20. The topological polar surface area (TPSA) is 66.7 Å². The Labute approximate surface area is 143 Å². The fourth-order valence-corrected chi connectivity index (χ4v) is 4.01. The molecule has 1 aromatic heterocycles. The summed E-state index contributed by atoms with van der Waals surface area (Å²) < 4.78 is 31.4. The number of rotatable bonds is 5. The van der Waals surface area contributed by atoms with Gasteiger partial charge >= 0.3 is 0 Å². The monoisotopic (exact) mass is 349 g/mol. The molecule has 0 bridgehead atoms. The fraction of sp³-hybridized carbons (Fsp3) is 0.471. The molecule has 0 saturated carbocycles. The van der Waals surface area contributed by atoms with Crippen molar-refractivity contribution in [1.29, 1.82) is 0 Å². The number of sulfonamides is 1. The molecule has 0 radical (unpaired) electrons. The summed E-state index contributed by atoms with van der Waals surface area (Å²) in [6, 6.07) is 9.90. The molecule has 0 spiro atoms. The summed E-state index contributed by atoms with van der Waals surface area (Å²) in [6.07, 6.45) is 1.75. The molecule has 0 N–H and O–H groups in total. The van der Waals surface area contributed by atoms with E-state index in [1.807, 2.05) is 37.3 Å². The van der Waals surface area contributed by atoms with Crippen molar-refractivity contribution in [2.45, 2.75) is 19.9 Å². The van der Waals surface area contributed by atoms with Gasteiger partial charge in [-0.15, -0.1) is 0 Å². The van der Waals surface area contributed by atoms with Crippen LogP contribution < -0.4 is 0 Å². The van der Waals surface area contributed by atoms with Crippen molar-refractivity contribution in [2.24, 2.45) is 0 Å². The van der Waals surface area contributed by atoms with Gasteiger partial charge in [-0.1, -0.05) is 30.3 Å². The van der Waals surface area contributed by atoms with E-state index in [9.17, 15) is 8.42 Å². The Kier molecular flexibility index (Phi) is 5.03. The van der Waals surface area contributed by atoms with Crippen LogP contribution >= 0.6 is 0 Å². The van der Waals surface area contributed by atoms with Crippen molar-refractivity contribution in [3.8, 4) is 11.3 Å². The maximum absolute atomic E-state index is 11.9. The minimum Gasteiger partial charge on any atom is -0.439 e. The Morgan fingerprint density at radius 1 is 1.17 bits per heavy atom. The molecule has 1 saturated heterocycles. The Morgan fingerprint density at radius 3 is 2.46 bits per heavy atom. The Balaban J connectivity index is 1.66. The van der Waals surface area contributed by atoms with Gasteiger partial charge in [0.2, 0.25) is 15.9 Å². The van der Waals surface area contributed by atoms with Crippen molar-refractivity contribution >= 4 is 10.0 Å². The molecule has 1 fully saturated rings. The SMILES string of the molecule is CCS(=O)(=O)N1CCN([C@H](C)c2ncc(-c3ccccc3)o2)CC1. The van der Waals surface area contributed by atoms with Crippen LogP contribution in [0.2, 0.25) is 0 Å². The highest BCUT2D eigenvalue weighted by molar-refractivity contribution is 7.89. The molecule has 130 valence electrons. The van der Waals surface area contributed by atoms with Gasteiger partial charge in [0.25, 0.3) is 0 Å². The van der Waals surface area contributed by atoms with Gasteiger partial charge in [0.05, 0.1) is 18.0 Å². The second-order valence-electron chi connectivity index (χ2n) is 5.94. The lowest BCUT2D eigenvalue weighted by Gasteiger charge is -2.36. The van der Waals surface area contributed by atoms with E-state index in [4.69, 9.17) is 4.42 Å². The van der Waals surface area contributed by atoms with Crippen molar-refractivity contribution in [1.82, 2.24) is 14.2 Å². The van der Waals surface area contributed by atoms with Crippen molar-refractivity contribution in [3.05, 3.63) is 42.4 Å². The molecule has 1 aliphatic rings. The summed E-state index contributed by atoms with van der Waals surface area (Å²) in [5.74, 6) is 1.58. The zero-order chi connectivity index (χ0) is 17.2. The van der Waals surface area contributed by atoms with E-state index in [-0.39, 0.29) is 11.8 Å². The van der Waals surface area contributed by atoms with Crippen LogP contribution in [0.3, 0.4) is 0 Å². The van der Waals surface area contributed by atoms with Crippen LogP contribution in [-0.4, -0.2) is 54.5 Å². The van der Waals surface area contributed by atoms with Gasteiger partial charge < -0.3 is 4.42 Å². The lowest BCUT2D eigenvalue weighted by Crippen LogP contribution is -2.49. The molecule has 0 amide bonds. The zero-order valence-corrected chi connectivity index (χ0v) is 14.9. The molecular weight excluding hydrogens is 326 g/mol. The average molecular weight is 349 g/mol. The van der Waals surface area contributed by atoms with Crippen molar-refractivity contribution < 1.29 is 12.8 Å². The largest absolute Gasteiger partial charge is 0.439 e. The van der Waals surface area contributed by atoms with Crippen LogP contribution in [0.5, 0.6) is 0 Å². The molecule has 2 aromatic rings. The molecule has 1 atom stereocenters. The molecule has 6 nitrogen and oxygen atoms in total. The molecule has 3 rings (SSSR count). The van der Waals surface area contributed by atoms with Gasteiger partial charge in [-0.05, 0) is 13.8 Å². The summed E-state index contributed by atoms with van der Waals surface area (Å²) in [4.78, 5) is 6.62. The summed E-state index contributed by atoms with van der Waals surface area (Å²) in [5, 5.41) is 0. The van der Waals surface area contributed by atoms with Crippen LogP contribution in [0.25, 0.3) is 11.3 Å². The highest BCUT2D eigenvalue weighted by atomic mass is 32.2. The maximum Gasteiger partial charge on any atom is 0.213 e. The van der Waals surface area contributed by atoms with Crippen LogP contribution in [0.4, 0.5) is 0 Å². The Bertz CT molecular complexity index is 765. The predicted octanol–water partition coefficient (Wildman–Crippen LogP) is 2.37. The third kappa shape index (κ3) is 3.53. The van der Waals surface area contributed by atoms with Gasteiger partial charge in [0.15, 0.2) is 5.76 Å². The van der Waals surface area contributed by atoms with Crippen LogP contribution in [0, 0.1) is 0 Å². The van der Waals surface area contributed by atoms with Gasteiger partial charge in [0.1, 0.15) is 0 Å². The van der Waals surface area contributed by atoms with Crippen molar-refractivity contribution in [2.75, 3.05) is 31.9 Å². The minimum atomic E-state index is -3.10. The molecule has 2 heterocycles. The molecule has 1 aliphatic heterocycles. The number of nitrogens with zero attached hydrogens (tertiary/aromatic N) is 3. The molecule has 1 aromatic carbocycles. The maximum atomic E-state index is 11.9. The third-order valence-corrected chi connectivity index (χ3v) is 6.40. The van der Waals surface area contributed by atoms with E-state index in [0.29, 0.717) is 32.1 Å². The van der Waals surface area contributed by atoms with E-state index in [2.05, 4.69) is 9.88 Å². The number of hydrogen-bond donors (Lipinski definition) is 0. The molecule has 7 heteroatoms. The first kappa shape index (κ1) is 17.1. The number of oxazole rings is 1. The number of benzene rings is 1. The zero-order valence-electron chi connectivity index (χ0n) is 14.1. The number of aromatic nitrogens is 1. The van der Waals surface area contributed by atoms with Crippen LogP contribution in [-0.2, 0) is 10.0 Å². The molecule has 24 heavy (non-hydrogen) atoms. The van der Waals surface area contributed by atoms with Gasteiger partial charge in [-0.25, -0.2) is 13.4 Å². The normalized spacial score (nSPS) is 18.6. The standard InChI is InChI=1S/C17H23N3O3S/c1-3-24(21,22)20-11-9-19(10-12-20)14(2)17-18-13-16(23-17)15-7-5-4-6-8-15/h4-8,13-14H,3,9-12H2,1-2H3/t14-/m1/s1. The smallest absolute Gasteiger partial charge is 0.213 e. The summed E-state index contributed by atoms with van der Waals surface area (Å²) in [7, 11) is -3.10. The fourth-order valence-electron chi connectivity index (χ4n) is 2.92. The first-order valence-electron chi connectivity index (χ1n) is 8.24. The van der Waals surface area contributed by atoms with Gasteiger partial charge in [0, 0.05) is 31.7 Å². The van der Waals surface area contributed by atoms with Gasteiger partial charge in [-0.3, -0.25) is 4.90 Å². The first-order chi connectivity index (χ1) is 11.5. The summed E-state index contributed by atoms with van der Waals surface area (Å²) in [6.45, 7) is 6.14. The van der Waals surface area contributed by atoms with E-state index in [1.54, 1.807) is 17.4 Å². The van der Waals surface area contributed by atoms with E-state index in [0.717, 1.165) is 11.3 Å². The quantitative estimate of drug-likeness (QED) is 0.829. The summed E-state index contributed by atoms with van der Waals surface area (Å²) >= 11 is 0. The minimum absolute atomic E-state index is 0.0222. The van der Waals surface area contributed by atoms with E-state index < -0.39 is 10.0 Å². The highest BCUT2D eigenvalue weighted by Gasteiger charge is 2.29. The lowest BCUT2D eigenvalue weighted by atomic mass is 10.2. The van der Waals surface area contributed by atoms with Crippen molar-refractivity contribution in [3.63, 3.8) is 0 Å². The lowest BCUT2D eigenvalue weighted by molar-refractivity contribution is 0.130. The number of piperazine rings is 1. The second kappa shape index (κ2) is 7.04. The molecule has 0 unspecified atom stereocenters. The molecular formula is C17H23N3O3S. The molecule has 0 aliphatic carbocycles. The number of hydrogen-bond acceptors (Lipinski definition) is 5. The Morgan fingerprint density at radius 2 is 1.83 bits per heavy atom. The van der Waals surface area contributed by atoms with E-state index >= 15 is 0 Å².